The van der Waals surface area contributed by atoms with Gasteiger partial charge in [0.15, 0.2) is 0 Å². The van der Waals surface area contributed by atoms with Gasteiger partial charge in [0.25, 0.3) is 0 Å². The molecular weight excluding hydrogens is 300 g/mol. The van der Waals surface area contributed by atoms with Gasteiger partial charge in [0.1, 0.15) is 12.4 Å². The smallest absolute Gasteiger partial charge is 0.419 e. The van der Waals surface area contributed by atoms with Crippen molar-refractivity contribution < 1.29 is 9.53 Å². The molecule has 1 aromatic heterocycles. The molecule has 0 amide bonds. The molecule has 5 heteroatoms. The molecular formula is C17H19ClN2O2. The molecule has 0 aliphatic carbocycles. The van der Waals surface area contributed by atoms with Gasteiger partial charge in [0.05, 0.1) is 0 Å². The van der Waals surface area contributed by atoms with Crippen LogP contribution in [0, 0.1) is 5.41 Å². The molecule has 1 unspecified atom stereocenters. The molecule has 2 rings (SSSR count). The minimum absolute atomic E-state index is 0.223. The second-order valence-electron chi connectivity index (χ2n) is 6.05. The van der Waals surface area contributed by atoms with Gasteiger partial charge >= 0.3 is 6.09 Å². The fourth-order valence-electron chi connectivity index (χ4n) is 1.81. The Morgan fingerprint density at radius 3 is 2.55 bits per heavy atom. The average Bonchev–Trinajstić information content (AvgIpc) is 2.98. The zero-order chi connectivity index (χ0) is 16.2. The molecule has 0 N–H and O–H groups in total. The fourth-order valence-corrected chi connectivity index (χ4v) is 1.94. The Labute approximate surface area is 135 Å². The number of halogens is 1. The molecule has 0 fully saturated rings. The monoisotopic (exact) mass is 318 g/mol. The molecule has 0 bridgehead atoms. The van der Waals surface area contributed by atoms with Crippen LogP contribution < -0.4 is 0 Å². The van der Waals surface area contributed by atoms with Crippen molar-refractivity contribution in [3.63, 3.8) is 0 Å². The normalized spacial score (nSPS) is 13.3. The maximum absolute atomic E-state index is 12.1. The fraction of sp³-hybridized carbons (Fsp3) is 0.294. The van der Waals surface area contributed by atoms with E-state index in [0.717, 1.165) is 5.56 Å². The van der Waals surface area contributed by atoms with Crippen LogP contribution in [0.4, 0.5) is 4.79 Å². The van der Waals surface area contributed by atoms with Gasteiger partial charge in [-0.05, 0) is 23.8 Å². The number of hydrogen-bond donors (Lipinski definition) is 0. The lowest BCUT2D eigenvalue weighted by atomic mass is 9.88. The van der Waals surface area contributed by atoms with E-state index in [4.69, 9.17) is 16.3 Å². The van der Waals surface area contributed by atoms with Crippen LogP contribution in [-0.2, 0) is 4.74 Å². The average molecular weight is 319 g/mol. The number of nitrogens with zero attached hydrogens (tertiary/aromatic N) is 2. The quantitative estimate of drug-likeness (QED) is 0.827. The zero-order valence-electron chi connectivity index (χ0n) is 12.9. The van der Waals surface area contributed by atoms with Gasteiger partial charge in [-0.25, -0.2) is 14.3 Å². The highest BCUT2D eigenvalue weighted by Gasteiger charge is 2.26. The summed E-state index contributed by atoms with van der Waals surface area (Å²) in [5, 5.41) is 0.691. The van der Waals surface area contributed by atoms with Crippen LogP contribution in [0.3, 0.4) is 0 Å². The highest BCUT2D eigenvalue weighted by atomic mass is 35.5. The van der Waals surface area contributed by atoms with E-state index in [9.17, 15) is 4.79 Å². The van der Waals surface area contributed by atoms with Crippen LogP contribution in [-0.4, -0.2) is 21.7 Å². The Hall–Kier alpha value is -2.07. The van der Waals surface area contributed by atoms with Crippen LogP contribution >= 0.6 is 11.6 Å². The number of imidazole rings is 1. The molecule has 0 saturated carbocycles. The minimum Gasteiger partial charge on any atom is -0.441 e. The summed E-state index contributed by atoms with van der Waals surface area (Å²) in [6.07, 6.45) is 7.52. The summed E-state index contributed by atoms with van der Waals surface area (Å²) in [6.45, 7) is 6.06. The first kappa shape index (κ1) is 16.3. The number of rotatable bonds is 3. The third-order valence-corrected chi connectivity index (χ3v) is 3.38. The second kappa shape index (κ2) is 6.79. The summed E-state index contributed by atoms with van der Waals surface area (Å²) in [5.74, 6) is 0. The summed E-state index contributed by atoms with van der Waals surface area (Å²) in [7, 11) is 0. The Balaban J connectivity index is 2.13. The number of aromatic nitrogens is 2. The van der Waals surface area contributed by atoms with Crippen LogP contribution in [0.25, 0.3) is 6.08 Å². The predicted octanol–water partition coefficient (Wildman–Crippen LogP) is 4.65. The largest absolute Gasteiger partial charge is 0.441 e. The van der Waals surface area contributed by atoms with Crippen molar-refractivity contribution in [3.8, 4) is 0 Å². The first-order valence-corrected chi connectivity index (χ1v) is 7.37. The van der Waals surface area contributed by atoms with E-state index in [1.807, 2.05) is 57.2 Å². The lowest BCUT2D eigenvalue weighted by molar-refractivity contribution is 0.0629. The molecule has 1 atom stereocenters. The van der Waals surface area contributed by atoms with E-state index in [1.165, 1.54) is 17.1 Å². The van der Waals surface area contributed by atoms with Crippen molar-refractivity contribution in [3.05, 3.63) is 59.6 Å². The van der Waals surface area contributed by atoms with Gasteiger partial charge in [0.2, 0.25) is 0 Å². The van der Waals surface area contributed by atoms with Gasteiger partial charge in [-0.15, -0.1) is 0 Å². The van der Waals surface area contributed by atoms with E-state index >= 15 is 0 Å². The van der Waals surface area contributed by atoms with Crippen LogP contribution in [0.2, 0.25) is 5.02 Å². The summed E-state index contributed by atoms with van der Waals surface area (Å²) >= 11 is 5.87. The van der Waals surface area contributed by atoms with Crippen molar-refractivity contribution in [2.24, 2.45) is 5.41 Å². The van der Waals surface area contributed by atoms with Gasteiger partial charge in [-0.1, -0.05) is 50.6 Å². The Kier molecular flexibility index (Phi) is 5.03. The molecule has 0 saturated heterocycles. The molecule has 2 aromatic rings. The molecule has 0 radical (unpaired) electrons. The molecule has 22 heavy (non-hydrogen) atoms. The maximum Gasteiger partial charge on any atom is 0.419 e. The van der Waals surface area contributed by atoms with Crippen molar-refractivity contribution in [2.75, 3.05) is 0 Å². The van der Waals surface area contributed by atoms with Crippen molar-refractivity contribution in [2.45, 2.75) is 26.9 Å². The first-order valence-electron chi connectivity index (χ1n) is 6.99. The number of carbonyl (C=O) groups excluding carboxylic acids is 1. The van der Waals surface area contributed by atoms with Gasteiger partial charge in [-0.3, -0.25) is 0 Å². The first-order chi connectivity index (χ1) is 10.4. The van der Waals surface area contributed by atoms with Crippen LogP contribution in [0.5, 0.6) is 0 Å². The van der Waals surface area contributed by atoms with E-state index in [2.05, 4.69) is 4.98 Å². The molecule has 0 aliphatic rings. The third kappa shape index (κ3) is 4.46. The Bertz CT molecular complexity index is 640. The molecule has 1 aromatic carbocycles. The predicted molar refractivity (Wildman–Crippen MR) is 87.8 cm³/mol. The highest BCUT2D eigenvalue weighted by Crippen LogP contribution is 2.25. The molecule has 0 spiro atoms. The van der Waals surface area contributed by atoms with Gasteiger partial charge in [0, 0.05) is 22.8 Å². The lowest BCUT2D eigenvalue weighted by Gasteiger charge is -2.27. The Morgan fingerprint density at radius 1 is 1.32 bits per heavy atom. The standard InChI is InChI=1S/C17H19ClN2O2/c1-17(2,3)15(22-16(21)20-11-10-19-12-20)9-6-13-4-7-14(18)8-5-13/h4-12,15H,1-3H3/b9-6+. The highest BCUT2D eigenvalue weighted by molar-refractivity contribution is 6.30. The van der Waals surface area contributed by atoms with Crippen molar-refractivity contribution in [1.29, 1.82) is 0 Å². The van der Waals surface area contributed by atoms with E-state index in [1.54, 1.807) is 6.20 Å². The SMILES string of the molecule is CC(C)(C)C(/C=C/c1ccc(Cl)cc1)OC(=O)n1ccnc1. The number of hydrogen-bond acceptors (Lipinski definition) is 3. The van der Waals surface area contributed by atoms with E-state index in [0.29, 0.717) is 5.02 Å². The number of ether oxygens (including phenoxy) is 1. The second-order valence-corrected chi connectivity index (χ2v) is 6.49. The summed E-state index contributed by atoms with van der Waals surface area (Å²) < 4.78 is 6.89. The van der Waals surface area contributed by atoms with Crippen LogP contribution in [0.1, 0.15) is 26.3 Å². The topological polar surface area (TPSA) is 44.1 Å². The van der Waals surface area contributed by atoms with Crippen molar-refractivity contribution in [1.82, 2.24) is 9.55 Å². The molecule has 1 heterocycles. The number of carbonyl (C=O) groups is 1. The summed E-state index contributed by atoms with van der Waals surface area (Å²) in [4.78, 5) is 15.9. The van der Waals surface area contributed by atoms with E-state index in [-0.39, 0.29) is 11.5 Å². The molecule has 116 valence electrons. The number of benzene rings is 1. The minimum atomic E-state index is -0.446. The van der Waals surface area contributed by atoms with Gasteiger partial charge in [-0.2, -0.15) is 0 Å². The van der Waals surface area contributed by atoms with E-state index < -0.39 is 6.09 Å². The Morgan fingerprint density at radius 2 is 2.00 bits per heavy atom. The molecule has 0 aliphatic heterocycles. The van der Waals surface area contributed by atoms with Crippen molar-refractivity contribution >= 4 is 23.8 Å². The zero-order valence-corrected chi connectivity index (χ0v) is 13.6. The lowest BCUT2D eigenvalue weighted by Crippen LogP contribution is -2.31. The van der Waals surface area contributed by atoms with Gasteiger partial charge < -0.3 is 4.74 Å². The summed E-state index contributed by atoms with van der Waals surface area (Å²) in [6, 6.07) is 7.47. The summed E-state index contributed by atoms with van der Waals surface area (Å²) in [5.41, 5.74) is 0.774. The maximum atomic E-state index is 12.1. The third-order valence-electron chi connectivity index (χ3n) is 3.13. The van der Waals surface area contributed by atoms with Crippen LogP contribution in [0.15, 0.2) is 49.1 Å². The molecule has 4 nitrogen and oxygen atoms in total.